The number of aliphatic hydroxyl groups is 1. The predicted octanol–water partition coefficient (Wildman–Crippen LogP) is -0.842. The molecule has 3 N–H and O–H groups in total. The van der Waals surface area contributed by atoms with Gasteiger partial charge in [0.15, 0.2) is 6.10 Å². The number of hydrogen-bond acceptors (Lipinski definition) is 5. The van der Waals surface area contributed by atoms with E-state index in [0.717, 1.165) is 0 Å². The minimum Gasteiger partial charge on any atom is -0.479 e. The number of rotatable bonds is 4. The van der Waals surface area contributed by atoms with E-state index in [1.165, 1.54) is 6.07 Å². The standard InChI is InChI=1S/C8H10N2O5/c1-4-2-6(15-10-4)7(12)9-3-5(11)8(13)14/h2,5,11H,3H2,1H3,(H,9,12)(H,13,14)/t5-/m0/s1. The molecule has 82 valence electrons. The number of carbonyl (C=O) groups excluding carboxylic acids is 1. The van der Waals surface area contributed by atoms with Crippen LogP contribution >= 0.6 is 0 Å². The van der Waals surface area contributed by atoms with Gasteiger partial charge in [0, 0.05) is 6.07 Å². The molecule has 0 aliphatic heterocycles. The van der Waals surface area contributed by atoms with Gasteiger partial charge < -0.3 is 20.1 Å². The molecule has 0 aliphatic rings. The fourth-order valence-corrected chi connectivity index (χ4v) is 0.834. The van der Waals surface area contributed by atoms with Crippen molar-refractivity contribution >= 4 is 11.9 Å². The number of amides is 1. The molecule has 0 bridgehead atoms. The van der Waals surface area contributed by atoms with Crippen LogP contribution in [0, 0.1) is 6.92 Å². The topological polar surface area (TPSA) is 113 Å². The SMILES string of the molecule is Cc1cc(C(=O)NC[C@H](O)C(=O)O)on1. The van der Waals surface area contributed by atoms with E-state index in [-0.39, 0.29) is 12.3 Å². The highest BCUT2D eigenvalue weighted by molar-refractivity contribution is 5.91. The Bertz CT molecular complexity index is 373. The Labute approximate surface area is 84.7 Å². The Hall–Kier alpha value is -1.89. The lowest BCUT2D eigenvalue weighted by atomic mass is 10.3. The summed E-state index contributed by atoms with van der Waals surface area (Å²) in [6.45, 7) is 1.26. The van der Waals surface area contributed by atoms with E-state index in [4.69, 9.17) is 10.2 Å². The third-order valence-corrected chi connectivity index (χ3v) is 1.59. The summed E-state index contributed by atoms with van der Waals surface area (Å²) >= 11 is 0. The van der Waals surface area contributed by atoms with Crippen molar-refractivity contribution in [3.8, 4) is 0 Å². The van der Waals surface area contributed by atoms with Gasteiger partial charge in [-0.2, -0.15) is 0 Å². The van der Waals surface area contributed by atoms with E-state index >= 15 is 0 Å². The predicted molar refractivity (Wildman–Crippen MR) is 47.2 cm³/mol. The van der Waals surface area contributed by atoms with Crippen LogP contribution in [0.4, 0.5) is 0 Å². The second-order valence-corrected chi connectivity index (χ2v) is 2.90. The van der Waals surface area contributed by atoms with Crippen LogP contribution in [0.1, 0.15) is 16.2 Å². The Kier molecular flexibility index (Phi) is 3.40. The normalized spacial score (nSPS) is 12.1. The number of aryl methyl sites for hydroxylation is 1. The largest absolute Gasteiger partial charge is 0.479 e. The molecular weight excluding hydrogens is 204 g/mol. The zero-order valence-electron chi connectivity index (χ0n) is 7.93. The summed E-state index contributed by atoms with van der Waals surface area (Å²) < 4.78 is 4.63. The van der Waals surface area contributed by atoms with Gasteiger partial charge in [0.05, 0.1) is 12.2 Å². The van der Waals surface area contributed by atoms with Crippen LogP contribution in [-0.4, -0.2) is 39.9 Å². The number of aliphatic carboxylic acids is 1. The first kappa shape index (κ1) is 11.2. The molecule has 0 aromatic carbocycles. The third-order valence-electron chi connectivity index (χ3n) is 1.59. The van der Waals surface area contributed by atoms with E-state index in [0.29, 0.717) is 5.69 Å². The molecule has 0 radical (unpaired) electrons. The summed E-state index contributed by atoms with van der Waals surface area (Å²) in [5, 5.41) is 22.9. The van der Waals surface area contributed by atoms with Crippen LogP contribution in [0.2, 0.25) is 0 Å². The number of carbonyl (C=O) groups is 2. The summed E-state index contributed by atoms with van der Waals surface area (Å²) in [6, 6.07) is 1.41. The Balaban J connectivity index is 2.47. The van der Waals surface area contributed by atoms with Gasteiger partial charge in [0.1, 0.15) is 0 Å². The van der Waals surface area contributed by atoms with Crippen molar-refractivity contribution in [2.24, 2.45) is 0 Å². The van der Waals surface area contributed by atoms with Crippen molar-refractivity contribution < 1.29 is 24.3 Å². The highest BCUT2D eigenvalue weighted by Crippen LogP contribution is 2.01. The Morgan fingerprint density at radius 1 is 1.67 bits per heavy atom. The zero-order chi connectivity index (χ0) is 11.4. The molecule has 15 heavy (non-hydrogen) atoms. The highest BCUT2D eigenvalue weighted by Gasteiger charge is 2.16. The van der Waals surface area contributed by atoms with Gasteiger partial charge >= 0.3 is 5.97 Å². The first-order chi connectivity index (χ1) is 7.00. The molecule has 0 fully saturated rings. The summed E-state index contributed by atoms with van der Waals surface area (Å²) in [5.74, 6) is -2.04. The lowest BCUT2D eigenvalue weighted by Crippen LogP contribution is -2.36. The van der Waals surface area contributed by atoms with Crippen molar-refractivity contribution in [3.63, 3.8) is 0 Å². The zero-order valence-corrected chi connectivity index (χ0v) is 7.93. The van der Waals surface area contributed by atoms with Gasteiger partial charge in [0.2, 0.25) is 5.76 Å². The minimum absolute atomic E-state index is 0.0231. The monoisotopic (exact) mass is 214 g/mol. The fourth-order valence-electron chi connectivity index (χ4n) is 0.834. The van der Waals surface area contributed by atoms with Gasteiger partial charge in [-0.3, -0.25) is 4.79 Å². The average molecular weight is 214 g/mol. The summed E-state index contributed by atoms with van der Waals surface area (Å²) in [4.78, 5) is 21.5. The van der Waals surface area contributed by atoms with Crippen LogP contribution < -0.4 is 5.32 Å². The molecule has 7 nitrogen and oxygen atoms in total. The Morgan fingerprint density at radius 3 is 2.80 bits per heavy atom. The molecular formula is C8H10N2O5. The number of aliphatic hydroxyl groups excluding tert-OH is 1. The lowest BCUT2D eigenvalue weighted by Gasteiger charge is -2.05. The minimum atomic E-state index is -1.63. The number of carboxylic acid groups (broad SMARTS) is 1. The summed E-state index contributed by atoms with van der Waals surface area (Å²) in [7, 11) is 0. The fraction of sp³-hybridized carbons (Fsp3) is 0.375. The van der Waals surface area contributed by atoms with Crippen molar-refractivity contribution in [3.05, 3.63) is 17.5 Å². The number of nitrogens with one attached hydrogen (secondary N) is 1. The van der Waals surface area contributed by atoms with Crippen LogP contribution in [0.3, 0.4) is 0 Å². The van der Waals surface area contributed by atoms with E-state index < -0.39 is 18.0 Å². The van der Waals surface area contributed by atoms with Gasteiger partial charge in [-0.1, -0.05) is 5.16 Å². The summed E-state index contributed by atoms with van der Waals surface area (Å²) in [6.07, 6.45) is -1.63. The van der Waals surface area contributed by atoms with Gasteiger partial charge in [0.25, 0.3) is 5.91 Å². The quantitative estimate of drug-likeness (QED) is 0.602. The molecule has 0 saturated carbocycles. The molecule has 1 amide bonds. The smallest absolute Gasteiger partial charge is 0.334 e. The van der Waals surface area contributed by atoms with Crippen LogP contribution in [0.15, 0.2) is 10.6 Å². The van der Waals surface area contributed by atoms with Crippen molar-refractivity contribution in [2.75, 3.05) is 6.54 Å². The van der Waals surface area contributed by atoms with Crippen LogP contribution in [-0.2, 0) is 4.79 Å². The maximum atomic E-state index is 11.2. The molecule has 0 saturated heterocycles. The van der Waals surface area contributed by atoms with Gasteiger partial charge in [-0.15, -0.1) is 0 Å². The average Bonchev–Trinajstić information content (AvgIpc) is 2.60. The molecule has 0 spiro atoms. The maximum absolute atomic E-state index is 11.2. The second-order valence-electron chi connectivity index (χ2n) is 2.90. The van der Waals surface area contributed by atoms with Gasteiger partial charge in [-0.25, -0.2) is 4.79 Å². The van der Waals surface area contributed by atoms with E-state index in [1.807, 2.05) is 0 Å². The Morgan fingerprint density at radius 2 is 2.33 bits per heavy atom. The van der Waals surface area contributed by atoms with E-state index in [2.05, 4.69) is 15.0 Å². The third kappa shape index (κ3) is 3.06. The van der Waals surface area contributed by atoms with E-state index in [1.54, 1.807) is 6.92 Å². The molecule has 1 rings (SSSR count). The van der Waals surface area contributed by atoms with Crippen molar-refractivity contribution in [1.29, 1.82) is 0 Å². The first-order valence-corrected chi connectivity index (χ1v) is 4.13. The number of nitrogens with zero attached hydrogens (tertiary/aromatic N) is 1. The molecule has 1 heterocycles. The summed E-state index contributed by atoms with van der Waals surface area (Å²) in [5.41, 5.74) is 0.541. The van der Waals surface area contributed by atoms with Gasteiger partial charge in [-0.05, 0) is 6.92 Å². The van der Waals surface area contributed by atoms with E-state index in [9.17, 15) is 9.59 Å². The lowest BCUT2D eigenvalue weighted by molar-refractivity contribution is -0.146. The molecule has 0 unspecified atom stereocenters. The first-order valence-electron chi connectivity index (χ1n) is 4.13. The molecule has 7 heteroatoms. The number of aromatic nitrogens is 1. The maximum Gasteiger partial charge on any atom is 0.334 e. The number of hydrogen-bond donors (Lipinski definition) is 3. The van der Waals surface area contributed by atoms with Crippen LogP contribution in [0.5, 0.6) is 0 Å². The molecule has 1 aromatic rings. The number of carboxylic acids is 1. The molecule has 0 aliphatic carbocycles. The highest BCUT2D eigenvalue weighted by atomic mass is 16.5. The molecule has 1 aromatic heterocycles. The molecule has 1 atom stereocenters. The second kappa shape index (κ2) is 4.56. The van der Waals surface area contributed by atoms with Crippen LogP contribution in [0.25, 0.3) is 0 Å². The van der Waals surface area contributed by atoms with Crippen molar-refractivity contribution in [1.82, 2.24) is 10.5 Å². The van der Waals surface area contributed by atoms with Crippen molar-refractivity contribution in [2.45, 2.75) is 13.0 Å².